The largest absolute Gasteiger partial charge is 0.497 e. The van der Waals surface area contributed by atoms with Crippen LogP contribution in [0.15, 0.2) is 71.0 Å². The number of nitrogens with one attached hydrogen (secondary N) is 4. The van der Waals surface area contributed by atoms with Crippen LogP contribution in [0.2, 0.25) is 0 Å². The summed E-state index contributed by atoms with van der Waals surface area (Å²) in [5.74, 6) is -1.59. The number of carboxylic acids is 1. The Bertz CT molecular complexity index is 2720. The molecule has 3 fully saturated rings. The minimum Gasteiger partial charge on any atom is -0.497 e. The van der Waals surface area contributed by atoms with Gasteiger partial charge in [-0.1, -0.05) is 62.5 Å². The van der Waals surface area contributed by atoms with E-state index in [4.69, 9.17) is 19.4 Å². The van der Waals surface area contributed by atoms with Crippen molar-refractivity contribution in [1.29, 1.82) is 0 Å². The molecule has 368 valence electrons. The fourth-order valence-corrected chi connectivity index (χ4v) is 13.0. The van der Waals surface area contributed by atoms with Gasteiger partial charge in [0.2, 0.25) is 21.8 Å². The number of urea groups is 1. The van der Waals surface area contributed by atoms with Gasteiger partial charge in [-0.15, -0.1) is 11.3 Å². The average Bonchev–Trinajstić information content (AvgIpc) is 3.56. The number of carbonyl (C=O) groups is 4. The number of aliphatic carboxylic acids is 1. The molecule has 3 aliphatic heterocycles. The Hall–Kier alpha value is -5.79. The maximum Gasteiger partial charge on any atom is 0.330 e. The van der Waals surface area contributed by atoms with Crippen molar-refractivity contribution in [3.8, 4) is 22.9 Å². The molecule has 0 radical (unpaired) electrons. The van der Waals surface area contributed by atoms with Crippen LogP contribution in [0.4, 0.5) is 9.93 Å². The van der Waals surface area contributed by atoms with Crippen LogP contribution in [0.1, 0.15) is 96.5 Å². The fourth-order valence-electron chi connectivity index (χ4n) is 10.5. The predicted octanol–water partition coefficient (Wildman–Crippen LogP) is 6.84. The molecule has 4 amide bonds. The van der Waals surface area contributed by atoms with Crippen LogP contribution in [0, 0.1) is 11.8 Å². The molecular formula is C50H62N8O9S2. The first-order valence-corrected chi connectivity index (χ1v) is 26.6. The predicted molar refractivity (Wildman–Crippen MR) is 261 cm³/mol. The van der Waals surface area contributed by atoms with E-state index < -0.39 is 69.5 Å². The van der Waals surface area contributed by atoms with Crippen molar-refractivity contribution in [2.24, 2.45) is 11.8 Å². The lowest BCUT2D eigenvalue weighted by Gasteiger charge is -2.34. The number of hydrogen-bond acceptors (Lipinski definition) is 12. The third-order valence-electron chi connectivity index (χ3n) is 14.3. The smallest absolute Gasteiger partial charge is 0.330 e. The third-order valence-corrected chi connectivity index (χ3v) is 16.9. The number of ether oxygens (including phenoxy) is 2. The molecule has 2 aromatic carbocycles. The first kappa shape index (κ1) is 48.2. The maximum atomic E-state index is 15.1. The van der Waals surface area contributed by atoms with Crippen molar-refractivity contribution in [2.75, 3.05) is 25.5 Å². The van der Waals surface area contributed by atoms with Gasteiger partial charge in [0.25, 0.3) is 0 Å². The first-order valence-electron chi connectivity index (χ1n) is 24.3. The zero-order chi connectivity index (χ0) is 48.5. The second-order valence-corrected chi connectivity index (χ2v) is 22.2. The Balaban J connectivity index is 1.00. The summed E-state index contributed by atoms with van der Waals surface area (Å²) in [7, 11) is -2.20. The van der Waals surface area contributed by atoms with Gasteiger partial charge >= 0.3 is 12.0 Å². The van der Waals surface area contributed by atoms with Crippen LogP contribution in [-0.4, -0.2) is 113 Å². The average molecular weight is 983 g/mol. The Morgan fingerprint density at radius 3 is 2.55 bits per heavy atom. The topological polar surface area (TPSA) is 221 Å². The molecule has 0 spiro atoms. The lowest BCUT2D eigenvalue weighted by atomic mass is 9.84. The zero-order valence-corrected chi connectivity index (χ0v) is 41.0. The zero-order valence-electron chi connectivity index (χ0n) is 39.3. The number of pyridine rings is 1. The molecule has 5 heterocycles. The van der Waals surface area contributed by atoms with Gasteiger partial charge in [-0.3, -0.25) is 9.59 Å². The Morgan fingerprint density at radius 1 is 1.00 bits per heavy atom. The van der Waals surface area contributed by atoms with Crippen LogP contribution < -0.4 is 30.7 Å². The third kappa shape index (κ3) is 10.4. The monoisotopic (exact) mass is 982 g/mol. The number of thiazole rings is 1. The standard InChI is InChI=1S/C50H62N8O9S2/c1-30(2)51-49-55-41(29-68-49)39-24-43(36-21-20-34(66-3)22-38(36)52-39)67-35-23-42-45(59)56-50(47(61)62)25-33(50)17-10-5-4-6-11-18-37(46(60)58(42)27-35)53-48(63)54-40(31-14-8-7-9-15-31)28-57-26-32-16-12-13-19-44(32)69(57,64)65/h10,12-13,16-17,19-22,24,29-31,33,35,37,40,42H,4-9,11,14-15,18,23,25-28H2,1-3H3,(H,51,55)(H,56,59)(H,61,62)(H2,53,54,63)/b17-10-/t33?,35-,37-,40-,42+,50-/m1/s1. The van der Waals surface area contributed by atoms with Gasteiger partial charge in [-0.2, -0.15) is 4.31 Å². The van der Waals surface area contributed by atoms with E-state index in [0.29, 0.717) is 52.2 Å². The van der Waals surface area contributed by atoms with Gasteiger partial charge in [0.1, 0.15) is 40.9 Å². The molecular weight excluding hydrogens is 921 g/mol. The van der Waals surface area contributed by atoms with Crippen LogP contribution in [0.25, 0.3) is 22.3 Å². The second kappa shape index (κ2) is 20.3. The first-order chi connectivity index (χ1) is 33.2. The number of aromatic nitrogens is 2. The fraction of sp³-hybridized carbons (Fsp3) is 0.520. The van der Waals surface area contributed by atoms with Crippen molar-refractivity contribution in [3.63, 3.8) is 0 Å². The molecule has 1 saturated heterocycles. The molecule has 0 bridgehead atoms. The van der Waals surface area contributed by atoms with E-state index in [1.807, 2.05) is 49.6 Å². The van der Waals surface area contributed by atoms with E-state index >= 15 is 4.79 Å². The number of hydrogen-bond donors (Lipinski definition) is 5. The maximum absolute atomic E-state index is 15.1. The summed E-state index contributed by atoms with van der Waals surface area (Å²) in [6.07, 6.45) is 11.1. The molecule has 1 unspecified atom stereocenters. The molecule has 2 aliphatic carbocycles. The molecule has 4 aromatic rings. The number of amides is 4. The van der Waals surface area contributed by atoms with Gasteiger partial charge in [-0.05, 0) is 82.1 Å². The highest BCUT2D eigenvalue weighted by Crippen LogP contribution is 2.46. The molecule has 6 atom stereocenters. The normalized spacial score (nSPS) is 26.1. The highest BCUT2D eigenvalue weighted by Gasteiger charge is 2.61. The number of benzene rings is 2. The Morgan fingerprint density at radius 2 is 1.78 bits per heavy atom. The molecule has 9 rings (SSSR count). The molecule has 17 nitrogen and oxygen atoms in total. The van der Waals surface area contributed by atoms with Crippen molar-refractivity contribution >= 4 is 61.2 Å². The number of anilines is 1. The van der Waals surface area contributed by atoms with Gasteiger partial charge in [-0.25, -0.2) is 28.0 Å². The summed E-state index contributed by atoms with van der Waals surface area (Å²) < 4.78 is 41.2. The number of carbonyl (C=O) groups excluding carboxylic acids is 3. The molecule has 5 N–H and O–H groups in total. The van der Waals surface area contributed by atoms with E-state index in [1.54, 1.807) is 37.4 Å². The number of nitrogens with zero attached hydrogens (tertiary/aromatic N) is 4. The minimum atomic E-state index is -3.78. The summed E-state index contributed by atoms with van der Waals surface area (Å²) in [5, 5.41) is 26.0. The minimum absolute atomic E-state index is 0.0256. The molecule has 2 saturated carbocycles. The number of fused-ring (bicyclic) bond motifs is 4. The molecule has 5 aliphatic rings. The second-order valence-electron chi connectivity index (χ2n) is 19.4. The van der Waals surface area contributed by atoms with Crippen LogP contribution >= 0.6 is 11.3 Å². The highest BCUT2D eigenvalue weighted by molar-refractivity contribution is 7.89. The van der Waals surface area contributed by atoms with Crippen molar-refractivity contribution in [1.82, 2.24) is 35.1 Å². The van der Waals surface area contributed by atoms with Crippen molar-refractivity contribution in [3.05, 3.63) is 71.6 Å². The van der Waals surface area contributed by atoms with E-state index in [2.05, 4.69) is 21.3 Å². The number of methoxy groups -OCH3 is 1. The summed E-state index contributed by atoms with van der Waals surface area (Å²) in [5.41, 5.74) is 0.960. The summed E-state index contributed by atoms with van der Waals surface area (Å²) in [6.45, 7) is 4.31. The lowest BCUT2D eigenvalue weighted by molar-refractivity contribution is -0.145. The summed E-state index contributed by atoms with van der Waals surface area (Å²) >= 11 is 1.45. The summed E-state index contributed by atoms with van der Waals surface area (Å²) in [6, 6.07) is 11.0. The van der Waals surface area contributed by atoms with Gasteiger partial charge in [0, 0.05) is 60.4 Å². The van der Waals surface area contributed by atoms with E-state index in [-0.39, 0.29) is 55.8 Å². The molecule has 69 heavy (non-hydrogen) atoms. The van der Waals surface area contributed by atoms with Gasteiger partial charge < -0.3 is 40.7 Å². The molecule has 19 heteroatoms. The quantitative estimate of drug-likeness (QED) is 0.0922. The highest BCUT2D eigenvalue weighted by atomic mass is 32.2. The Labute approximate surface area is 406 Å². The van der Waals surface area contributed by atoms with Crippen LogP contribution in [0.5, 0.6) is 11.5 Å². The van der Waals surface area contributed by atoms with Crippen molar-refractivity contribution < 1.29 is 42.2 Å². The number of sulfonamides is 1. The molecule has 2 aromatic heterocycles. The Kier molecular flexibility index (Phi) is 14.2. The van der Waals surface area contributed by atoms with Crippen LogP contribution in [-0.2, 0) is 31.0 Å². The number of allylic oxidation sites excluding steroid dienone is 1. The van der Waals surface area contributed by atoms with Gasteiger partial charge in [0.15, 0.2) is 5.13 Å². The van der Waals surface area contributed by atoms with Crippen molar-refractivity contribution in [2.45, 2.75) is 138 Å². The van der Waals surface area contributed by atoms with E-state index in [9.17, 15) is 27.9 Å². The van der Waals surface area contributed by atoms with Gasteiger partial charge in [0.05, 0.1) is 29.8 Å². The number of carboxylic acid groups (broad SMARTS) is 1. The number of rotatable bonds is 12. The SMILES string of the molecule is COc1ccc2c(O[C@@H]3C[C@H]4C(=O)N[C@]5(C(=O)O)CC5/C=C\CCCCC[C@@H](NC(=O)N[C@H](CN5Cc6ccccc6S5(=O)=O)C5CCCCC5)C(=O)N4C3)cc(-c3csc(NC(C)C)n3)nc2c1. The van der Waals surface area contributed by atoms with E-state index in [1.165, 1.54) is 20.5 Å². The summed E-state index contributed by atoms with van der Waals surface area (Å²) in [4.78, 5) is 68.2. The van der Waals surface area contributed by atoms with E-state index in [0.717, 1.165) is 50.1 Å². The van der Waals surface area contributed by atoms with Crippen LogP contribution in [0.3, 0.4) is 0 Å². The lowest BCUT2D eigenvalue weighted by Crippen LogP contribution is -2.58.